The van der Waals surface area contributed by atoms with Crippen LogP contribution in [0.4, 0.5) is 9.52 Å². The van der Waals surface area contributed by atoms with Crippen LogP contribution in [0.2, 0.25) is 0 Å². The number of carbonyl (C=O) groups excluding carboxylic acids is 1. The Morgan fingerprint density at radius 3 is 2.87 bits per heavy atom. The van der Waals surface area contributed by atoms with Crippen molar-refractivity contribution in [3.05, 3.63) is 48.3 Å². The number of rotatable bonds is 7. The maximum Gasteiger partial charge on any atom is 0.225 e. The standard InChI is InChI=1S/C22H24FN3O3S/c1-28-18-8-9-19-20(13-18)30-22(25-19)26-11-2-3-15(14-26)21(27)24-10-12-29-17-6-4-16(23)5-7-17/h4-9,13,15H,2-3,10-12,14H2,1H3,(H,24,27). The number of piperidine rings is 1. The van der Waals surface area contributed by atoms with Gasteiger partial charge in [0.25, 0.3) is 0 Å². The third-order valence-electron chi connectivity index (χ3n) is 5.13. The van der Waals surface area contributed by atoms with Gasteiger partial charge < -0.3 is 19.7 Å². The van der Waals surface area contributed by atoms with E-state index in [0.717, 1.165) is 40.5 Å². The molecule has 0 saturated carbocycles. The number of carbonyl (C=O) groups is 1. The number of aromatic nitrogens is 1. The van der Waals surface area contributed by atoms with Gasteiger partial charge in [-0.15, -0.1) is 0 Å². The predicted molar refractivity (Wildman–Crippen MR) is 116 cm³/mol. The van der Waals surface area contributed by atoms with E-state index < -0.39 is 0 Å². The molecule has 0 aliphatic carbocycles. The average Bonchev–Trinajstić information content (AvgIpc) is 3.21. The van der Waals surface area contributed by atoms with Crippen LogP contribution in [0.3, 0.4) is 0 Å². The van der Waals surface area contributed by atoms with Gasteiger partial charge >= 0.3 is 0 Å². The Morgan fingerprint density at radius 1 is 1.27 bits per heavy atom. The van der Waals surface area contributed by atoms with E-state index in [1.54, 1.807) is 30.6 Å². The van der Waals surface area contributed by atoms with Crippen molar-refractivity contribution < 1.29 is 18.7 Å². The van der Waals surface area contributed by atoms with Gasteiger partial charge in [0.15, 0.2) is 5.13 Å². The molecular weight excluding hydrogens is 405 g/mol. The van der Waals surface area contributed by atoms with Crippen molar-refractivity contribution in [1.82, 2.24) is 10.3 Å². The summed E-state index contributed by atoms with van der Waals surface area (Å²) in [6, 6.07) is 11.7. The van der Waals surface area contributed by atoms with E-state index in [1.807, 2.05) is 18.2 Å². The topological polar surface area (TPSA) is 63.7 Å². The summed E-state index contributed by atoms with van der Waals surface area (Å²) in [5.74, 6) is 1.06. The highest BCUT2D eigenvalue weighted by Gasteiger charge is 2.27. The number of fused-ring (bicyclic) bond motifs is 1. The molecular formula is C22H24FN3O3S. The van der Waals surface area contributed by atoms with E-state index in [0.29, 0.717) is 25.4 Å². The summed E-state index contributed by atoms with van der Waals surface area (Å²) >= 11 is 1.62. The summed E-state index contributed by atoms with van der Waals surface area (Å²) in [6.07, 6.45) is 1.81. The Morgan fingerprint density at radius 2 is 2.07 bits per heavy atom. The molecule has 158 valence electrons. The minimum atomic E-state index is -0.301. The molecule has 0 radical (unpaired) electrons. The van der Waals surface area contributed by atoms with Crippen LogP contribution >= 0.6 is 11.3 Å². The highest BCUT2D eigenvalue weighted by atomic mass is 32.1. The van der Waals surface area contributed by atoms with Gasteiger partial charge in [0.2, 0.25) is 5.91 Å². The Labute approximate surface area is 178 Å². The quantitative estimate of drug-likeness (QED) is 0.578. The van der Waals surface area contributed by atoms with Crippen LogP contribution in [-0.4, -0.2) is 44.2 Å². The third kappa shape index (κ3) is 4.81. The fraction of sp³-hybridized carbons (Fsp3) is 0.364. The van der Waals surface area contributed by atoms with Crippen molar-refractivity contribution in [3.63, 3.8) is 0 Å². The van der Waals surface area contributed by atoms with Crippen molar-refractivity contribution in [2.24, 2.45) is 5.92 Å². The van der Waals surface area contributed by atoms with E-state index >= 15 is 0 Å². The molecule has 1 saturated heterocycles. The first kappa shape index (κ1) is 20.4. The normalized spacial score (nSPS) is 16.5. The predicted octanol–water partition coefficient (Wildman–Crippen LogP) is 3.86. The Kier molecular flexibility index (Phi) is 6.32. The van der Waals surface area contributed by atoms with E-state index in [1.165, 1.54) is 12.1 Å². The number of thiazole rings is 1. The minimum absolute atomic E-state index is 0.0326. The third-order valence-corrected chi connectivity index (χ3v) is 6.21. The molecule has 1 aliphatic heterocycles. The summed E-state index contributed by atoms with van der Waals surface area (Å²) in [5.41, 5.74) is 0.945. The van der Waals surface area contributed by atoms with Crippen LogP contribution in [0.5, 0.6) is 11.5 Å². The fourth-order valence-corrected chi connectivity index (χ4v) is 4.57. The molecule has 4 rings (SSSR count). The van der Waals surface area contributed by atoms with Gasteiger partial charge in [-0.2, -0.15) is 0 Å². The first-order chi connectivity index (χ1) is 14.6. The molecule has 1 N–H and O–H groups in total. The summed E-state index contributed by atoms with van der Waals surface area (Å²) in [5, 5.41) is 3.89. The van der Waals surface area contributed by atoms with Crippen LogP contribution < -0.4 is 19.7 Å². The first-order valence-corrected chi connectivity index (χ1v) is 10.8. The highest BCUT2D eigenvalue weighted by molar-refractivity contribution is 7.22. The molecule has 1 aromatic heterocycles. The first-order valence-electron chi connectivity index (χ1n) is 9.98. The van der Waals surface area contributed by atoms with Crippen LogP contribution in [0, 0.1) is 11.7 Å². The van der Waals surface area contributed by atoms with Crippen LogP contribution in [0.25, 0.3) is 10.2 Å². The Balaban J connectivity index is 1.29. The molecule has 0 spiro atoms. The molecule has 2 aromatic carbocycles. The summed E-state index contributed by atoms with van der Waals surface area (Å²) in [7, 11) is 1.65. The molecule has 30 heavy (non-hydrogen) atoms. The summed E-state index contributed by atoms with van der Waals surface area (Å²) in [6.45, 7) is 2.30. The molecule has 1 atom stereocenters. The lowest BCUT2D eigenvalue weighted by Crippen LogP contribution is -2.43. The van der Waals surface area contributed by atoms with Crippen LogP contribution in [-0.2, 0) is 4.79 Å². The average molecular weight is 430 g/mol. The number of methoxy groups -OCH3 is 1. The van der Waals surface area contributed by atoms with Crippen molar-refractivity contribution in [2.45, 2.75) is 12.8 Å². The zero-order valence-corrected chi connectivity index (χ0v) is 17.6. The van der Waals surface area contributed by atoms with E-state index in [4.69, 9.17) is 14.5 Å². The van der Waals surface area contributed by atoms with Gasteiger partial charge in [-0.3, -0.25) is 4.79 Å². The second kappa shape index (κ2) is 9.30. The maximum absolute atomic E-state index is 12.9. The number of nitrogens with zero attached hydrogens (tertiary/aromatic N) is 2. The second-order valence-electron chi connectivity index (χ2n) is 7.21. The SMILES string of the molecule is COc1ccc2nc(N3CCCC(C(=O)NCCOc4ccc(F)cc4)C3)sc2c1. The van der Waals surface area contributed by atoms with Crippen LogP contribution in [0.1, 0.15) is 12.8 Å². The van der Waals surface area contributed by atoms with Gasteiger partial charge in [0.1, 0.15) is 23.9 Å². The van der Waals surface area contributed by atoms with E-state index in [-0.39, 0.29) is 17.6 Å². The Bertz CT molecular complexity index is 1010. The van der Waals surface area contributed by atoms with Crippen molar-refractivity contribution in [1.29, 1.82) is 0 Å². The Hall–Kier alpha value is -2.87. The number of anilines is 1. The summed E-state index contributed by atoms with van der Waals surface area (Å²) in [4.78, 5) is 19.5. The second-order valence-corrected chi connectivity index (χ2v) is 8.22. The number of halogens is 1. The molecule has 8 heteroatoms. The molecule has 2 heterocycles. The molecule has 1 unspecified atom stereocenters. The molecule has 1 aliphatic rings. The lowest BCUT2D eigenvalue weighted by molar-refractivity contribution is -0.125. The zero-order chi connectivity index (χ0) is 20.9. The van der Waals surface area contributed by atoms with Crippen molar-refractivity contribution in [3.8, 4) is 11.5 Å². The van der Waals surface area contributed by atoms with Gasteiger partial charge in [-0.25, -0.2) is 9.37 Å². The molecule has 1 amide bonds. The number of ether oxygens (including phenoxy) is 2. The van der Waals surface area contributed by atoms with Crippen molar-refractivity contribution in [2.75, 3.05) is 38.3 Å². The number of hydrogen-bond donors (Lipinski definition) is 1. The number of benzene rings is 2. The van der Waals surface area contributed by atoms with Gasteiger partial charge in [0.05, 0.1) is 29.8 Å². The summed E-state index contributed by atoms with van der Waals surface area (Å²) < 4.78 is 24.8. The maximum atomic E-state index is 12.9. The smallest absolute Gasteiger partial charge is 0.225 e. The zero-order valence-electron chi connectivity index (χ0n) is 16.8. The van der Waals surface area contributed by atoms with Crippen LogP contribution in [0.15, 0.2) is 42.5 Å². The fourth-order valence-electron chi connectivity index (χ4n) is 3.54. The largest absolute Gasteiger partial charge is 0.497 e. The highest BCUT2D eigenvalue weighted by Crippen LogP contribution is 2.33. The molecule has 6 nitrogen and oxygen atoms in total. The molecule has 0 bridgehead atoms. The van der Waals surface area contributed by atoms with Gasteiger partial charge in [-0.1, -0.05) is 11.3 Å². The molecule has 1 fully saturated rings. The number of hydrogen-bond acceptors (Lipinski definition) is 6. The molecule has 3 aromatic rings. The number of nitrogens with one attached hydrogen (secondary N) is 1. The van der Waals surface area contributed by atoms with E-state index in [9.17, 15) is 9.18 Å². The lowest BCUT2D eigenvalue weighted by Gasteiger charge is -2.31. The van der Waals surface area contributed by atoms with E-state index in [2.05, 4.69) is 10.2 Å². The van der Waals surface area contributed by atoms with Gasteiger partial charge in [-0.05, 0) is 55.3 Å². The van der Waals surface area contributed by atoms with Gasteiger partial charge in [0, 0.05) is 13.1 Å². The lowest BCUT2D eigenvalue weighted by atomic mass is 9.97. The monoisotopic (exact) mass is 429 g/mol. The minimum Gasteiger partial charge on any atom is -0.497 e. The number of amides is 1. The van der Waals surface area contributed by atoms with Crippen molar-refractivity contribution >= 4 is 32.6 Å².